The Kier molecular flexibility index (Phi) is 47.8. The molecule has 1 aliphatic heterocycles. The van der Waals surface area contributed by atoms with Crippen molar-refractivity contribution in [2.75, 3.05) is 13.2 Å². The van der Waals surface area contributed by atoms with E-state index in [-0.39, 0.29) is 12.5 Å². The smallest absolute Gasteiger partial charge is 0.220 e. The van der Waals surface area contributed by atoms with Crippen molar-refractivity contribution in [3.05, 3.63) is 24.3 Å². The Bertz CT molecular complexity index is 1130. The first-order valence-electron chi connectivity index (χ1n) is 30.1. The number of carbonyl (C=O) groups excluding carboxylic acids is 1. The molecule has 1 amide bonds. The highest BCUT2D eigenvalue weighted by Crippen LogP contribution is 2.23. The van der Waals surface area contributed by atoms with Gasteiger partial charge in [-0.3, -0.25) is 4.79 Å². The monoisotopic (exact) mass is 978 g/mol. The van der Waals surface area contributed by atoms with Crippen LogP contribution in [0.2, 0.25) is 0 Å². The summed E-state index contributed by atoms with van der Waals surface area (Å²) < 4.78 is 11.2. The molecule has 1 fully saturated rings. The molecule has 0 aromatic heterocycles. The first-order valence-corrected chi connectivity index (χ1v) is 30.1. The molecule has 0 aromatic rings. The van der Waals surface area contributed by atoms with E-state index in [0.29, 0.717) is 6.42 Å². The maximum absolute atomic E-state index is 13.0. The molecule has 0 aliphatic carbocycles. The zero-order chi connectivity index (χ0) is 50.1. The van der Waals surface area contributed by atoms with E-state index in [4.69, 9.17) is 9.47 Å². The molecule has 0 saturated carbocycles. The minimum Gasteiger partial charge on any atom is -0.394 e. The lowest BCUT2D eigenvalue weighted by Crippen LogP contribution is -2.60. The normalized spacial score (nSPS) is 19.6. The standard InChI is InChI=1S/C60H115NO8/c1-3-5-7-9-11-13-15-17-18-19-20-21-22-23-24-25-26-27-28-29-30-31-32-33-34-35-36-38-40-42-44-46-48-50-56(64)61-53(52-68-60-59(67)58(66)57(65)55(51-62)69-60)54(63)49-47-45-43-41-39-37-16-14-12-10-8-6-4-2/h39,41,47,49,53-55,57-60,62-63,65-67H,3-38,40,42-46,48,50-52H2,1-2H3,(H,61,64)/b41-39+,49-47+. The van der Waals surface area contributed by atoms with E-state index in [1.54, 1.807) is 6.08 Å². The molecule has 69 heavy (non-hydrogen) atoms. The summed E-state index contributed by atoms with van der Waals surface area (Å²) >= 11 is 0. The van der Waals surface area contributed by atoms with Gasteiger partial charge in [-0.05, 0) is 32.1 Å². The van der Waals surface area contributed by atoms with E-state index in [2.05, 4.69) is 31.3 Å². The second-order valence-electron chi connectivity index (χ2n) is 21.1. The fourth-order valence-electron chi connectivity index (χ4n) is 9.76. The number of carbonyl (C=O) groups is 1. The molecule has 7 unspecified atom stereocenters. The van der Waals surface area contributed by atoms with Gasteiger partial charge < -0.3 is 40.3 Å². The van der Waals surface area contributed by atoms with Gasteiger partial charge in [-0.25, -0.2) is 0 Å². The van der Waals surface area contributed by atoms with Crippen LogP contribution in [-0.2, 0) is 14.3 Å². The average Bonchev–Trinajstić information content (AvgIpc) is 3.35. The molecule has 0 bridgehead atoms. The fourth-order valence-corrected chi connectivity index (χ4v) is 9.76. The van der Waals surface area contributed by atoms with Crippen LogP contribution in [0.15, 0.2) is 24.3 Å². The third-order valence-electron chi connectivity index (χ3n) is 14.5. The van der Waals surface area contributed by atoms with E-state index in [0.717, 1.165) is 38.5 Å². The number of hydrogen-bond acceptors (Lipinski definition) is 8. The quantitative estimate of drug-likeness (QED) is 0.0261. The van der Waals surface area contributed by atoms with Gasteiger partial charge in [-0.1, -0.05) is 282 Å². The molecule has 7 atom stereocenters. The summed E-state index contributed by atoms with van der Waals surface area (Å²) in [5, 5.41) is 54.4. The van der Waals surface area contributed by atoms with Crippen LogP contribution in [0.25, 0.3) is 0 Å². The number of ether oxygens (including phenoxy) is 2. The lowest BCUT2D eigenvalue weighted by atomic mass is 9.99. The Hall–Kier alpha value is -1.33. The number of aliphatic hydroxyl groups is 5. The average molecular weight is 979 g/mol. The van der Waals surface area contributed by atoms with E-state index >= 15 is 0 Å². The van der Waals surface area contributed by atoms with Crippen molar-refractivity contribution in [3.63, 3.8) is 0 Å². The SMILES string of the molecule is CCCCCCCCC/C=C/CC/C=C/C(O)C(COC1OC(CO)C(O)C(O)C1O)NC(=O)CCCCCCCCCCCCCCCCCCCCCCCCCCCCCCCCCCC. The molecule has 1 aliphatic rings. The van der Waals surface area contributed by atoms with Gasteiger partial charge in [0, 0.05) is 6.42 Å². The van der Waals surface area contributed by atoms with Crippen LogP contribution in [0.3, 0.4) is 0 Å². The van der Waals surface area contributed by atoms with Crippen LogP contribution in [-0.4, -0.2) is 87.5 Å². The molecule has 6 N–H and O–H groups in total. The molecule has 1 heterocycles. The molecule has 0 aromatic carbocycles. The summed E-state index contributed by atoms with van der Waals surface area (Å²) in [6.07, 6.45) is 57.1. The summed E-state index contributed by atoms with van der Waals surface area (Å²) in [6.45, 7) is 3.78. The van der Waals surface area contributed by atoms with Crippen LogP contribution >= 0.6 is 0 Å². The van der Waals surface area contributed by atoms with Crippen LogP contribution < -0.4 is 5.32 Å². The van der Waals surface area contributed by atoms with Crippen molar-refractivity contribution in [2.45, 2.75) is 339 Å². The maximum atomic E-state index is 13.0. The highest BCUT2D eigenvalue weighted by atomic mass is 16.7. The van der Waals surface area contributed by atoms with Gasteiger partial charge in [0.15, 0.2) is 6.29 Å². The van der Waals surface area contributed by atoms with Crippen LogP contribution in [0.5, 0.6) is 0 Å². The highest BCUT2D eigenvalue weighted by molar-refractivity contribution is 5.76. The Morgan fingerprint density at radius 2 is 0.826 bits per heavy atom. The van der Waals surface area contributed by atoms with Gasteiger partial charge in [-0.15, -0.1) is 0 Å². The Balaban J connectivity index is 2.09. The third kappa shape index (κ3) is 39.8. The van der Waals surface area contributed by atoms with Crippen LogP contribution in [0.4, 0.5) is 0 Å². The van der Waals surface area contributed by atoms with Gasteiger partial charge in [0.1, 0.15) is 24.4 Å². The van der Waals surface area contributed by atoms with E-state index in [9.17, 15) is 30.3 Å². The topological polar surface area (TPSA) is 149 Å². The summed E-state index contributed by atoms with van der Waals surface area (Å²) in [5.74, 6) is -0.182. The number of amides is 1. The molecule has 9 heteroatoms. The predicted molar refractivity (Wildman–Crippen MR) is 290 cm³/mol. The summed E-state index contributed by atoms with van der Waals surface area (Å²) in [6, 6.07) is -0.817. The second-order valence-corrected chi connectivity index (χ2v) is 21.1. The maximum Gasteiger partial charge on any atom is 0.220 e. The summed E-state index contributed by atoms with van der Waals surface area (Å²) in [4.78, 5) is 13.0. The van der Waals surface area contributed by atoms with Crippen molar-refractivity contribution >= 4 is 5.91 Å². The van der Waals surface area contributed by atoms with E-state index < -0.39 is 49.5 Å². The number of hydrogen-bond donors (Lipinski definition) is 6. The molecular weight excluding hydrogens is 863 g/mol. The van der Waals surface area contributed by atoms with Gasteiger partial charge in [0.25, 0.3) is 0 Å². The third-order valence-corrected chi connectivity index (χ3v) is 14.5. The molecule has 408 valence electrons. The number of aliphatic hydroxyl groups excluding tert-OH is 5. The van der Waals surface area contributed by atoms with Crippen LogP contribution in [0.1, 0.15) is 296 Å². The molecule has 9 nitrogen and oxygen atoms in total. The second kappa shape index (κ2) is 50.2. The molecule has 1 rings (SSSR count). The number of unbranched alkanes of at least 4 members (excludes halogenated alkanes) is 40. The fraction of sp³-hybridized carbons (Fsp3) is 0.917. The van der Waals surface area contributed by atoms with Crippen molar-refractivity contribution in [1.82, 2.24) is 5.32 Å². The Morgan fingerprint density at radius 1 is 0.478 bits per heavy atom. The lowest BCUT2D eigenvalue weighted by Gasteiger charge is -2.40. The lowest BCUT2D eigenvalue weighted by molar-refractivity contribution is -0.302. The van der Waals surface area contributed by atoms with Gasteiger partial charge in [0.05, 0.1) is 25.4 Å². The van der Waals surface area contributed by atoms with Crippen molar-refractivity contribution in [1.29, 1.82) is 0 Å². The molecule has 1 saturated heterocycles. The molecular formula is C60H115NO8. The van der Waals surface area contributed by atoms with Crippen molar-refractivity contribution in [2.24, 2.45) is 0 Å². The molecule has 0 radical (unpaired) electrons. The molecule has 0 spiro atoms. The first-order chi connectivity index (χ1) is 33.8. The minimum absolute atomic E-state index is 0.182. The predicted octanol–water partition coefficient (Wildman–Crippen LogP) is 15.0. The number of rotatable bonds is 52. The van der Waals surface area contributed by atoms with Crippen LogP contribution in [0, 0.1) is 0 Å². The Morgan fingerprint density at radius 3 is 1.22 bits per heavy atom. The summed E-state index contributed by atoms with van der Waals surface area (Å²) in [7, 11) is 0. The Labute approximate surface area is 426 Å². The van der Waals surface area contributed by atoms with Crippen molar-refractivity contribution < 1.29 is 39.8 Å². The number of nitrogens with one attached hydrogen (secondary N) is 1. The van der Waals surface area contributed by atoms with Gasteiger partial charge >= 0.3 is 0 Å². The largest absolute Gasteiger partial charge is 0.394 e. The summed E-state index contributed by atoms with van der Waals surface area (Å²) in [5.41, 5.74) is 0. The van der Waals surface area contributed by atoms with Crippen molar-refractivity contribution in [3.8, 4) is 0 Å². The zero-order valence-electron chi connectivity index (χ0n) is 45.3. The first kappa shape index (κ1) is 65.7. The number of allylic oxidation sites excluding steroid dienone is 3. The van der Waals surface area contributed by atoms with E-state index in [1.807, 2.05) is 6.08 Å². The highest BCUT2D eigenvalue weighted by Gasteiger charge is 2.44. The van der Waals surface area contributed by atoms with E-state index in [1.165, 1.54) is 238 Å². The zero-order valence-corrected chi connectivity index (χ0v) is 45.3. The van der Waals surface area contributed by atoms with Gasteiger partial charge in [-0.2, -0.15) is 0 Å². The minimum atomic E-state index is -1.57. The van der Waals surface area contributed by atoms with Gasteiger partial charge in [0.2, 0.25) is 5.91 Å².